The zero-order valence-corrected chi connectivity index (χ0v) is 14.5. The summed E-state index contributed by atoms with van der Waals surface area (Å²) < 4.78 is 76.7. The summed E-state index contributed by atoms with van der Waals surface area (Å²) >= 11 is 5.84. The van der Waals surface area contributed by atoms with Gasteiger partial charge in [-0.05, 0) is 18.2 Å². The number of hydrogen-bond donors (Lipinski definition) is 1. The Hall–Kier alpha value is -2.56. The molecule has 0 aromatic carbocycles. The fraction of sp³-hybridized carbons (Fsp3) is 0.312. The SMILES string of the molecule is O=C(NC1CN(c2ncc(C(F)(F)F)cc2Cl)C1)c1cccnc1C(F)(F)F. The normalized spacial score (nSPS) is 15.3. The molecule has 5 nitrogen and oxygen atoms in total. The van der Waals surface area contributed by atoms with E-state index in [2.05, 4.69) is 15.3 Å². The predicted molar refractivity (Wildman–Crippen MR) is 87.0 cm³/mol. The average Bonchev–Trinajstić information content (AvgIpc) is 2.56. The van der Waals surface area contributed by atoms with Crippen LogP contribution in [0.15, 0.2) is 30.6 Å². The number of hydrogen-bond acceptors (Lipinski definition) is 4. The van der Waals surface area contributed by atoms with Gasteiger partial charge < -0.3 is 10.2 Å². The minimum Gasteiger partial charge on any atom is -0.351 e. The van der Waals surface area contributed by atoms with Crippen LogP contribution >= 0.6 is 11.6 Å². The van der Waals surface area contributed by atoms with Gasteiger partial charge in [-0.2, -0.15) is 26.3 Å². The number of carbonyl (C=O) groups is 1. The Morgan fingerprint density at radius 2 is 1.82 bits per heavy atom. The van der Waals surface area contributed by atoms with E-state index < -0.39 is 41.1 Å². The van der Waals surface area contributed by atoms with Gasteiger partial charge in [-0.1, -0.05) is 11.6 Å². The smallest absolute Gasteiger partial charge is 0.351 e. The molecular formula is C16H11ClF6N4O. The minimum absolute atomic E-state index is 0.0949. The first-order chi connectivity index (χ1) is 13.0. The summed E-state index contributed by atoms with van der Waals surface area (Å²) in [5.74, 6) is -0.853. The highest BCUT2D eigenvalue weighted by atomic mass is 35.5. The third-order valence-electron chi connectivity index (χ3n) is 3.99. The number of rotatable bonds is 3. The van der Waals surface area contributed by atoms with E-state index in [0.29, 0.717) is 6.20 Å². The lowest BCUT2D eigenvalue weighted by molar-refractivity contribution is -0.141. The second kappa shape index (κ2) is 7.12. The molecule has 150 valence electrons. The molecule has 3 heterocycles. The van der Waals surface area contributed by atoms with Crippen LogP contribution in [0.3, 0.4) is 0 Å². The van der Waals surface area contributed by atoms with Crippen molar-refractivity contribution in [2.45, 2.75) is 18.4 Å². The zero-order valence-electron chi connectivity index (χ0n) is 13.8. The number of aromatic nitrogens is 2. The molecule has 1 amide bonds. The molecule has 0 spiro atoms. The van der Waals surface area contributed by atoms with E-state index in [1.807, 2.05) is 0 Å². The van der Waals surface area contributed by atoms with Gasteiger partial charge in [-0.3, -0.25) is 9.78 Å². The van der Waals surface area contributed by atoms with Gasteiger partial charge in [0, 0.05) is 25.5 Å². The van der Waals surface area contributed by atoms with Gasteiger partial charge in [0.05, 0.1) is 22.2 Å². The summed E-state index contributed by atoms with van der Waals surface area (Å²) in [5, 5.41) is 2.21. The van der Waals surface area contributed by atoms with Gasteiger partial charge >= 0.3 is 12.4 Å². The second-order valence-electron chi connectivity index (χ2n) is 6.00. The Labute approximate surface area is 159 Å². The quantitative estimate of drug-likeness (QED) is 0.762. The molecule has 0 atom stereocenters. The van der Waals surface area contributed by atoms with E-state index in [9.17, 15) is 31.1 Å². The number of carbonyl (C=O) groups excluding carboxylic acids is 1. The zero-order chi connectivity index (χ0) is 20.7. The summed E-state index contributed by atoms with van der Waals surface area (Å²) in [6, 6.07) is 2.44. The molecule has 2 aromatic heterocycles. The molecule has 0 radical (unpaired) electrons. The van der Waals surface area contributed by atoms with Crippen LogP contribution in [0.25, 0.3) is 0 Å². The first-order valence-corrected chi connectivity index (χ1v) is 8.15. The Bertz CT molecular complexity index is 895. The molecule has 1 fully saturated rings. The number of nitrogens with one attached hydrogen (secondary N) is 1. The minimum atomic E-state index is -4.78. The standard InChI is InChI=1S/C16H11ClF6N4O/c17-11-4-8(15(18,19)20)5-25-13(11)27-6-9(7-27)26-14(28)10-2-1-3-24-12(10)16(21,22)23/h1-5,9H,6-7H2,(H,26,28). The molecule has 1 saturated heterocycles. The van der Waals surface area contributed by atoms with Crippen molar-refractivity contribution >= 4 is 23.3 Å². The van der Waals surface area contributed by atoms with E-state index in [-0.39, 0.29) is 23.9 Å². The van der Waals surface area contributed by atoms with Crippen LogP contribution in [0, 0.1) is 0 Å². The fourth-order valence-corrected chi connectivity index (χ4v) is 2.92. The monoisotopic (exact) mass is 424 g/mol. The van der Waals surface area contributed by atoms with Crippen molar-refractivity contribution in [3.05, 3.63) is 52.4 Å². The molecule has 1 N–H and O–H groups in total. The van der Waals surface area contributed by atoms with Gasteiger partial charge in [-0.25, -0.2) is 4.98 Å². The maximum absolute atomic E-state index is 12.9. The van der Waals surface area contributed by atoms with E-state index in [1.54, 1.807) is 0 Å². The molecule has 0 saturated carbocycles. The summed E-state index contributed by atoms with van der Waals surface area (Å²) in [5.41, 5.74) is -2.90. The highest BCUT2D eigenvalue weighted by Gasteiger charge is 2.38. The highest BCUT2D eigenvalue weighted by molar-refractivity contribution is 6.33. The summed E-state index contributed by atoms with van der Waals surface area (Å²) in [4.78, 5) is 20.5. The first kappa shape index (κ1) is 20.2. The molecule has 1 aliphatic rings. The van der Waals surface area contributed by atoms with E-state index in [1.165, 1.54) is 11.0 Å². The lowest BCUT2D eigenvalue weighted by Crippen LogP contribution is -2.60. The van der Waals surface area contributed by atoms with Gasteiger partial charge in [0.15, 0.2) is 5.69 Å². The van der Waals surface area contributed by atoms with Crippen LogP contribution in [-0.4, -0.2) is 35.0 Å². The molecule has 3 rings (SSSR count). The van der Waals surface area contributed by atoms with Crippen molar-refractivity contribution in [3.8, 4) is 0 Å². The molecule has 0 aliphatic carbocycles. The van der Waals surface area contributed by atoms with Crippen LogP contribution in [0.5, 0.6) is 0 Å². The Morgan fingerprint density at radius 3 is 2.39 bits per heavy atom. The Morgan fingerprint density at radius 1 is 1.14 bits per heavy atom. The summed E-state index contributed by atoms with van der Waals surface area (Å²) in [6.07, 6.45) is -7.79. The van der Waals surface area contributed by atoms with Crippen molar-refractivity contribution in [2.24, 2.45) is 0 Å². The van der Waals surface area contributed by atoms with Crippen molar-refractivity contribution in [1.29, 1.82) is 0 Å². The van der Waals surface area contributed by atoms with E-state index >= 15 is 0 Å². The lowest BCUT2D eigenvalue weighted by atomic mass is 10.1. The van der Waals surface area contributed by atoms with E-state index in [0.717, 1.165) is 18.3 Å². The van der Waals surface area contributed by atoms with Crippen molar-refractivity contribution in [2.75, 3.05) is 18.0 Å². The number of nitrogens with zero attached hydrogens (tertiary/aromatic N) is 3. The van der Waals surface area contributed by atoms with Crippen molar-refractivity contribution < 1.29 is 31.1 Å². The number of amides is 1. The van der Waals surface area contributed by atoms with Crippen molar-refractivity contribution in [1.82, 2.24) is 15.3 Å². The van der Waals surface area contributed by atoms with E-state index in [4.69, 9.17) is 11.6 Å². The maximum atomic E-state index is 12.9. The van der Waals surface area contributed by atoms with Gasteiger partial charge in [0.25, 0.3) is 5.91 Å². The maximum Gasteiger partial charge on any atom is 0.434 e. The van der Waals surface area contributed by atoms with Crippen LogP contribution in [0.4, 0.5) is 32.2 Å². The Balaban J connectivity index is 1.65. The molecule has 28 heavy (non-hydrogen) atoms. The largest absolute Gasteiger partial charge is 0.434 e. The second-order valence-corrected chi connectivity index (χ2v) is 6.41. The van der Waals surface area contributed by atoms with Crippen molar-refractivity contribution in [3.63, 3.8) is 0 Å². The van der Waals surface area contributed by atoms with Crippen LogP contribution in [0.2, 0.25) is 5.02 Å². The first-order valence-electron chi connectivity index (χ1n) is 7.77. The Kier molecular flexibility index (Phi) is 5.13. The molecule has 0 unspecified atom stereocenters. The number of pyridine rings is 2. The third-order valence-corrected chi connectivity index (χ3v) is 4.26. The third kappa shape index (κ3) is 4.13. The number of halogens is 7. The number of alkyl halides is 6. The molecular weight excluding hydrogens is 414 g/mol. The molecule has 0 bridgehead atoms. The van der Waals surface area contributed by atoms with Gasteiger partial charge in [-0.15, -0.1) is 0 Å². The number of anilines is 1. The molecule has 12 heteroatoms. The summed E-state index contributed by atoms with van der Waals surface area (Å²) in [7, 11) is 0. The van der Waals surface area contributed by atoms with Crippen LogP contribution in [-0.2, 0) is 12.4 Å². The highest BCUT2D eigenvalue weighted by Crippen LogP contribution is 2.35. The van der Waals surface area contributed by atoms with Crippen LogP contribution in [0.1, 0.15) is 21.6 Å². The average molecular weight is 425 g/mol. The lowest BCUT2D eigenvalue weighted by Gasteiger charge is -2.40. The predicted octanol–water partition coefficient (Wildman–Crippen LogP) is 3.79. The summed E-state index contributed by atoms with van der Waals surface area (Å²) in [6.45, 7) is 0.261. The molecule has 1 aliphatic heterocycles. The van der Waals surface area contributed by atoms with Crippen LogP contribution < -0.4 is 10.2 Å². The topological polar surface area (TPSA) is 58.1 Å². The molecule has 2 aromatic rings. The van der Waals surface area contributed by atoms with Gasteiger partial charge in [0.1, 0.15) is 5.82 Å². The van der Waals surface area contributed by atoms with Gasteiger partial charge in [0.2, 0.25) is 0 Å². The fourth-order valence-electron chi connectivity index (χ4n) is 2.64.